The van der Waals surface area contributed by atoms with E-state index in [1.807, 2.05) is 25.1 Å². The van der Waals surface area contributed by atoms with Gasteiger partial charge < -0.3 is 16.0 Å². The summed E-state index contributed by atoms with van der Waals surface area (Å²) in [6, 6.07) is 5.42. The predicted octanol–water partition coefficient (Wildman–Crippen LogP) is 1.84. The van der Waals surface area contributed by atoms with Gasteiger partial charge in [-0.2, -0.15) is 0 Å². The molecule has 0 aliphatic heterocycles. The van der Waals surface area contributed by atoms with Crippen molar-refractivity contribution in [2.24, 2.45) is 5.73 Å². The van der Waals surface area contributed by atoms with E-state index in [0.29, 0.717) is 10.7 Å². The Labute approximate surface area is 106 Å². The average molecular weight is 254 g/mol. The van der Waals surface area contributed by atoms with Crippen LogP contribution in [0.5, 0.6) is 0 Å². The second-order valence-electron chi connectivity index (χ2n) is 4.64. The molecule has 1 aromatic rings. The maximum atomic E-state index is 11.9. The van der Waals surface area contributed by atoms with Crippen molar-refractivity contribution in [3.63, 3.8) is 0 Å². The van der Waals surface area contributed by atoms with E-state index < -0.39 is 5.54 Å². The van der Waals surface area contributed by atoms with Crippen LogP contribution in [0.1, 0.15) is 12.8 Å². The molecular formula is C12H16ClN3O. The van der Waals surface area contributed by atoms with Gasteiger partial charge >= 0.3 is 0 Å². The average Bonchev–Trinajstić information content (AvgIpc) is 2.97. The molecule has 0 saturated heterocycles. The summed E-state index contributed by atoms with van der Waals surface area (Å²) in [6.45, 7) is 0. The van der Waals surface area contributed by atoms with E-state index in [4.69, 9.17) is 17.3 Å². The van der Waals surface area contributed by atoms with Gasteiger partial charge in [-0.25, -0.2) is 0 Å². The van der Waals surface area contributed by atoms with E-state index in [1.54, 1.807) is 12.1 Å². The minimum atomic E-state index is -0.675. The van der Waals surface area contributed by atoms with Gasteiger partial charge in [-0.05, 0) is 25.0 Å². The molecule has 5 heteroatoms. The van der Waals surface area contributed by atoms with Crippen LogP contribution in [0.15, 0.2) is 18.2 Å². The highest BCUT2D eigenvalue weighted by atomic mass is 35.5. The van der Waals surface area contributed by atoms with Crippen molar-refractivity contribution in [2.45, 2.75) is 18.4 Å². The van der Waals surface area contributed by atoms with Crippen LogP contribution in [0.3, 0.4) is 0 Å². The van der Waals surface area contributed by atoms with Crippen molar-refractivity contribution in [3.05, 3.63) is 23.2 Å². The van der Waals surface area contributed by atoms with Crippen LogP contribution in [0.2, 0.25) is 5.02 Å². The van der Waals surface area contributed by atoms with Crippen molar-refractivity contribution in [1.82, 2.24) is 0 Å². The van der Waals surface area contributed by atoms with Crippen LogP contribution >= 0.6 is 11.6 Å². The molecule has 0 bridgehead atoms. The quantitative estimate of drug-likeness (QED) is 0.864. The first-order valence-corrected chi connectivity index (χ1v) is 5.88. The van der Waals surface area contributed by atoms with Gasteiger partial charge in [0, 0.05) is 14.1 Å². The Kier molecular flexibility index (Phi) is 3.02. The molecule has 0 aromatic heterocycles. The van der Waals surface area contributed by atoms with Crippen LogP contribution in [-0.4, -0.2) is 25.5 Å². The molecule has 0 atom stereocenters. The number of rotatable bonds is 3. The number of carbonyl (C=O) groups excluding carboxylic acids is 1. The number of nitrogens with two attached hydrogens (primary N) is 1. The maximum Gasteiger partial charge on any atom is 0.244 e. The Morgan fingerprint density at radius 2 is 2.12 bits per heavy atom. The lowest BCUT2D eigenvalue weighted by atomic mass is 10.2. The molecule has 0 spiro atoms. The van der Waals surface area contributed by atoms with Gasteiger partial charge in [-0.15, -0.1) is 0 Å². The Morgan fingerprint density at radius 1 is 1.47 bits per heavy atom. The summed E-state index contributed by atoms with van der Waals surface area (Å²) in [6.07, 6.45) is 1.49. The van der Waals surface area contributed by atoms with Crippen molar-refractivity contribution in [3.8, 4) is 0 Å². The molecule has 1 aliphatic carbocycles. The van der Waals surface area contributed by atoms with Gasteiger partial charge in [0.2, 0.25) is 5.91 Å². The van der Waals surface area contributed by atoms with E-state index in [9.17, 15) is 4.79 Å². The number of para-hydroxylation sites is 1. The highest BCUT2D eigenvalue weighted by Crippen LogP contribution is 2.36. The summed E-state index contributed by atoms with van der Waals surface area (Å²) in [5.74, 6) is -0.136. The van der Waals surface area contributed by atoms with E-state index in [0.717, 1.165) is 18.5 Å². The number of hydrogen-bond acceptors (Lipinski definition) is 3. The molecule has 1 saturated carbocycles. The molecule has 2 rings (SSSR count). The summed E-state index contributed by atoms with van der Waals surface area (Å²) in [4.78, 5) is 13.8. The van der Waals surface area contributed by atoms with Crippen molar-refractivity contribution < 1.29 is 4.79 Å². The van der Waals surface area contributed by atoms with Gasteiger partial charge in [-0.1, -0.05) is 17.7 Å². The first kappa shape index (κ1) is 12.2. The Hall–Kier alpha value is -1.26. The summed E-state index contributed by atoms with van der Waals surface area (Å²) in [5.41, 5.74) is 6.67. The molecule has 1 amide bonds. The van der Waals surface area contributed by atoms with Crippen LogP contribution in [0.4, 0.5) is 11.4 Å². The van der Waals surface area contributed by atoms with Gasteiger partial charge in [0.25, 0.3) is 0 Å². The third-order valence-corrected chi connectivity index (χ3v) is 3.23. The van der Waals surface area contributed by atoms with Crippen molar-refractivity contribution in [2.75, 3.05) is 24.3 Å². The van der Waals surface area contributed by atoms with Gasteiger partial charge in [0.05, 0.1) is 21.9 Å². The van der Waals surface area contributed by atoms with Gasteiger partial charge in [0.1, 0.15) is 0 Å². The predicted molar refractivity (Wildman–Crippen MR) is 70.6 cm³/mol. The maximum absolute atomic E-state index is 11.9. The van der Waals surface area contributed by atoms with Crippen LogP contribution in [0, 0.1) is 0 Å². The fourth-order valence-corrected chi connectivity index (χ4v) is 2.02. The number of nitrogens with zero attached hydrogens (tertiary/aromatic N) is 1. The normalized spacial score (nSPS) is 16.5. The molecule has 1 aromatic carbocycles. The summed E-state index contributed by atoms with van der Waals surface area (Å²) >= 11 is 6.11. The first-order chi connectivity index (χ1) is 7.94. The van der Waals surface area contributed by atoms with Crippen molar-refractivity contribution >= 4 is 28.9 Å². The fraction of sp³-hybridized carbons (Fsp3) is 0.417. The van der Waals surface area contributed by atoms with E-state index in [-0.39, 0.29) is 5.91 Å². The number of anilines is 2. The zero-order chi connectivity index (χ0) is 12.6. The van der Waals surface area contributed by atoms with E-state index in [2.05, 4.69) is 5.32 Å². The number of amides is 1. The number of hydrogen-bond donors (Lipinski definition) is 2. The molecule has 3 N–H and O–H groups in total. The molecule has 4 nitrogen and oxygen atoms in total. The monoisotopic (exact) mass is 253 g/mol. The van der Waals surface area contributed by atoms with E-state index >= 15 is 0 Å². The summed E-state index contributed by atoms with van der Waals surface area (Å²) in [5, 5.41) is 3.45. The van der Waals surface area contributed by atoms with E-state index in [1.165, 1.54) is 0 Å². The second-order valence-corrected chi connectivity index (χ2v) is 5.05. The minimum absolute atomic E-state index is 0.136. The molecule has 92 valence electrons. The second kappa shape index (κ2) is 4.20. The number of carbonyl (C=O) groups is 1. The Bertz CT molecular complexity index is 455. The molecule has 0 unspecified atom stereocenters. The first-order valence-electron chi connectivity index (χ1n) is 5.50. The van der Waals surface area contributed by atoms with Crippen molar-refractivity contribution in [1.29, 1.82) is 0 Å². The lowest BCUT2D eigenvalue weighted by Gasteiger charge is -2.20. The van der Waals surface area contributed by atoms with Crippen LogP contribution in [0.25, 0.3) is 0 Å². The van der Waals surface area contributed by atoms with Gasteiger partial charge in [-0.3, -0.25) is 4.79 Å². The number of benzene rings is 1. The highest BCUT2D eigenvalue weighted by molar-refractivity contribution is 6.34. The van der Waals surface area contributed by atoms with Crippen LogP contribution in [-0.2, 0) is 4.79 Å². The molecule has 17 heavy (non-hydrogen) atoms. The molecule has 0 heterocycles. The number of nitrogens with one attached hydrogen (secondary N) is 1. The van der Waals surface area contributed by atoms with Crippen LogP contribution < -0.4 is 16.0 Å². The smallest absolute Gasteiger partial charge is 0.244 e. The Morgan fingerprint density at radius 3 is 2.65 bits per heavy atom. The summed E-state index contributed by atoms with van der Waals surface area (Å²) < 4.78 is 0. The largest absolute Gasteiger partial charge is 0.375 e. The zero-order valence-electron chi connectivity index (χ0n) is 9.96. The molecule has 0 radical (unpaired) electrons. The summed E-state index contributed by atoms with van der Waals surface area (Å²) in [7, 11) is 3.76. The lowest BCUT2D eigenvalue weighted by Crippen LogP contribution is -2.38. The molecule has 1 fully saturated rings. The van der Waals surface area contributed by atoms with Gasteiger partial charge in [0.15, 0.2) is 0 Å². The third kappa shape index (κ3) is 2.37. The Balaban J connectivity index is 2.26. The topological polar surface area (TPSA) is 58.4 Å². The minimum Gasteiger partial charge on any atom is -0.375 e. The highest BCUT2D eigenvalue weighted by Gasteiger charge is 2.46. The molecular weight excluding hydrogens is 238 g/mol. The lowest BCUT2D eigenvalue weighted by molar-refractivity contribution is -0.118. The number of halogens is 1. The molecule has 1 aliphatic rings. The standard InChI is InChI=1S/C12H16ClN3O/c1-16(2)10-8(13)4-3-5-9(10)15-11(17)12(14)6-7-12/h3-5H,6-7,14H2,1-2H3,(H,15,17). The fourth-order valence-electron chi connectivity index (χ4n) is 1.68. The zero-order valence-corrected chi connectivity index (χ0v) is 10.7. The SMILES string of the molecule is CN(C)c1c(Cl)cccc1NC(=O)C1(N)CC1. The third-order valence-electron chi connectivity index (χ3n) is 2.92.